The van der Waals surface area contributed by atoms with E-state index in [2.05, 4.69) is 15.3 Å². The first kappa shape index (κ1) is 14.7. The molecule has 0 saturated heterocycles. The van der Waals surface area contributed by atoms with Gasteiger partial charge in [-0.25, -0.2) is 14.4 Å². The zero-order valence-corrected chi connectivity index (χ0v) is 12.5. The van der Waals surface area contributed by atoms with Crippen molar-refractivity contribution < 1.29 is 4.39 Å². The third kappa shape index (κ3) is 3.45. The first-order chi connectivity index (χ1) is 9.47. The van der Waals surface area contributed by atoms with Crippen LogP contribution in [0.25, 0.3) is 0 Å². The van der Waals surface area contributed by atoms with Gasteiger partial charge in [0.15, 0.2) is 0 Å². The highest BCUT2D eigenvalue weighted by Crippen LogP contribution is 2.23. The summed E-state index contributed by atoms with van der Waals surface area (Å²) in [5.41, 5.74) is 1.80. The minimum atomic E-state index is -0.239. The molecule has 20 heavy (non-hydrogen) atoms. The molecule has 3 nitrogen and oxygen atoms in total. The molecule has 1 heterocycles. The molecule has 0 aliphatic heterocycles. The number of hydrogen-bond acceptors (Lipinski definition) is 3. The highest BCUT2D eigenvalue weighted by molar-refractivity contribution is 6.30. The van der Waals surface area contributed by atoms with E-state index in [0.717, 1.165) is 16.9 Å². The summed E-state index contributed by atoms with van der Waals surface area (Å²) in [7, 11) is 0. The second kappa shape index (κ2) is 6.18. The molecule has 0 unspecified atom stereocenters. The van der Waals surface area contributed by atoms with Crippen molar-refractivity contribution in [2.75, 3.05) is 5.32 Å². The summed E-state index contributed by atoms with van der Waals surface area (Å²) in [4.78, 5) is 8.75. The van der Waals surface area contributed by atoms with Gasteiger partial charge >= 0.3 is 0 Å². The number of aromatic nitrogens is 2. The Morgan fingerprint density at radius 3 is 2.45 bits per heavy atom. The number of hydrogen-bond donors (Lipinski definition) is 1. The number of nitrogens with zero attached hydrogens (tertiary/aromatic N) is 2. The van der Waals surface area contributed by atoms with Crippen LogP contribution >= 0.6 is 11.6 Å². The van der Waals surface area contributed by atoms with E-state index >= 15 is 0 Å². The number of halogens is 2. The van der Waals surface area contributed by atoms with Crippen molar-refractivity contribution >= 4 is 17.4 Å². The molecule has 2 aromatic rings. The summed E-state index contributed by atoms with van der Waals surface area (Å²) in [5, 5.41) is 3.69. The van der Waals surface area contributed by atoms with Crippen LogP contribution in [0.4, 0.5) is 10.2 Å². The summed E-state index contributed by atoms with van der Waals surface area (Å²) in [6, 6.07) is 6.36. The molecule has 1 aromatic heterocycles. The lowest BCUT2D eigenvalue weighted by molar-refractivity contribution is 0.627. The molecule has 0 aliphatic carbocycles. The van der Waals surface area contributed by atoms with Crippen LogP contribution in [-0.2, 0) is 6.54 Å². The van der Waals surface area contributed by atoms with Gasteiger partial charge in [0.25, 0.3) is 0 Å². The van der Waals surface area contributed by atoms with E-state index in [4.69, 9.17) is 11.6 Å². The summed E-state index contributed by atoms with van der Waals surface area (Å²) < 4.78 is 12.9. The van der Waals surface area contributed by atoms with Crippen molar-refractivity contribution in [3.8, 4) is 0 Å². The van der Waals surface area contributed by atoms with E-state index in [1.807, 2.05) is 20.8 Å². The van der Waals surface area contributed by atoms with Gasteiger partial charge in [-0.3, -0.25) is 0 Å². The topological polar surface area (TPSA) is 37.8 Å². The Morgan fingerprint density at radius 2 is 1.85 bits per heavy atom. The van der Waals surface area contributed by atoms with Crippen molar-refractivity contribution in [2.24, 2.45) is 0 Å². The largest absolute Gasteiger partial charge is 0.366 e. The van der Waals surface area contributed by atoms with Gasteiger partial charge in [-0.05, 0) is 24.6 Å². The van der Waals surface area contributed by atoms with Crippen LogP contribution in [-0.4, -0.2) is 9.97 Å². The van der Waals surface area contributed by atoms with Crippen molar-refractivity contribution in [1.29, 1.82) is 0 Å². The van der Waals surface area contributed by atoms with Gasteiger partial charge in [0.2, 0.25) is 0 Å². The van der Waals surface area contributed by atoms with Gasteiger partial charge < -0.3 is 5.32 Å². The zero-order chi connectivity index (χ0) is 14.7. The fourth-order valence-electron chi connectivity index (χ4n) is 1.72. The predicted molar refractivity (Wildman–Crippen MR) is 79.6 cm³/mol. The van der Waals surface area contributed by atoms with Crippen LogP contribution in [0, 0.1) is 12.7 Å². The molecule has 0 aliphatic rings. The molecular formula is C15H17ClFN3. The van der Waals surface area contributed by atoms with Crippen LogP contribution in [0.15, 0.2) is 24.3 Å². The average Bonchev–Trinajstić information content (AvgIpc) is 2.42. The molecule has 5 heteroatoms. The maximum atomic E-state index is 12.9. The van der Waals surface area contributed by atoms with Gasteiger partial charge in [0.1, 0.15) is 22.6 Å². The lowest BCUT2D eigenvalue weighted by Gasteiger charge is -2.13. The summed E-state index contributed by atoms with van der Waals surface area (Å²) in [6.07, 6.45) is 0. The van der Waals surface area contributed by atoms with Crippen LogP contribution < -0.4 is 5.32 Å². The fourth-order valence-corrected chi connectivity index (χ4v) is 1.90. The highest BCUT2D eigenvalue weighted by atomic mass is 35.5. The monoisotopic (exact) mass is 293 g/mol. The quantitative estimate of drug-likeness (QED) is 0.854. The Morgan fingerprint density at radius 1 is 1.20 bits per heavy atom. The van der Waals surface area contributed by atoms with Crippen molar-refractivity contribution in [1.82, 2.24) is 9.97 Å². The third-order valence-electron chi connectivity index (χ3n) is 2.99. The Labute approximate surface area is 123 Å². The Hall–Kier alpha value is -1.68. The summed E-state index contributed by atoms with van der Waals surface area (Å²) in [5.74, 6) is 1.40. The van der Waals surface area contributed by atoms with E-state index < -0.39 is 0 Å². The number of anilines is 1. The maximum Gasteiger partial charge on any atom is 0.137 e. The van der Waals surface area contributed by atoms with Gasteiger partial charge in [0, 0.05) is 18.0 Å². The van der Waals surface area contributed by atoms with Gasteiger partial charge in [-0.2, -0.15) is 0 Å². The SMILES string of the molecule is Cc1c(Cl)nc(C(C)C)nc1NCc1ccc(F)cc1. The molecule has 1 N–H and O–H groups in total. The molecule has 0 atom stereocenters. The molecule has 106 valence electrons. The van der Waals surface area contributed by atoms with E-state index in [9.17, 15) is 4.39 Å². The smallest absolute Gasteiger partial charge is 0.137 e. The molecule has 0 amide bonds. The van der Waals surface area contributed by atoms with Crippen LogP contribution in [0.5, 0.6) is 0 Å². The number of benzene rings is 1. The summed E-state index contributed by atoms with van der Waals surface area (Å²) >= 11 is 6.12. The van der Waals surface area contributed by atoms with Crippen molar-refractivity contribution in [3.63, 3.8) is 0 Å². The molecule has 0 spiro atoms. The van der Waals surface area contributed by atoms with Gasteiger partial charge in [0.05, 0.1) is 0 Å². The standard InChI is InChI=1S/C15H17ClFN3/c1-9(2)14-19-13(16)10(3)15(20-14)18-8-11-4-6-12(17)7-5-11/h4-7,9H,8H2,1-3H3,(H,18,19,20). The second-order valence-corrected chi connectivity index (χ2v) is 5.34. The van der Waals surface area contributed by atoms with E-state index in [1.54, 1.807) is 12.1 Å². The Balaban J connectivity index is 2.18. The van der Waals surface area contributed by atoms with Crippen molar-refractivity contribution in [2.45, 2.75) is 33.2 Å². The van der Waals surface area contributed by atoms with E-state index in [1.165, 1.54) is 12.1 Å². The first-order valence-electron chi connectivity index (χ1n) is 6.49. The lowest BCUT2D eigenvalue weighted by atomic mass is 10.2. The van der Waals surface area contributed by atoms with Crippen LogP contribution in [0.1, 0.15) is 36.7 Å². The predicted octanol–water partition coefficient (Wildman–Crippen LogP) is 4.31. The van der Waals surface area contributed by atoms with Crippen LogP contribution in [0.3, 0.4) is 0 Å². The average molecular weight is 294 g/mol. The number of nitrogens with one attached hydrogen (secondary N) is 1. The first-order valence-corrected chi connectivity index (χ1v) is 6.87. The number of rotatable bonds is 4. The molecule has 2 rings (SSSR count). The summed E-state index contributed by atoms with van der Waals surface area (Å²) in [6.45, 7) is 6.47. The zero-order valence-electron chi connectivity index (χ0n) is 11.7. The Bertz CT molecular complexity index is 597. The molecule has 1 aromatic carbocycles. The molecule has 0 radical (unpaired) electrons. The highest BCUT2D eigenvalue weighted by Gasteiger charge is 2.11. The second-order valence-electron chi connectivity index (χ2n) is 4.98. The van der Waals surface area contributed by atoms with Crippen molar-refractivity contribution in [3.05, 3.63) is 52.2 Å². The third-order valence-corrected chi connectivity index (χ3v) is 3.36. The molecule has 0 bridgehead atoms. The fraction of sp³-hybridized carbons (Fsp3) is 0.333. The van der Waals surface area contributed by atoms with Gasteiger partial charge in [-0.15, -0.1) is 0 Å². The molecule has 0 saturated carbocycles. The van der Waals surface area contributed by atoms with Crippen LogP contribution in [0.2, 0.25) is 5.15 Å². The lowest BCUT2D eigenvalue weighted by Crippen LogP contribution is -2.08. The molecule has 0 fully saturated rings. The normalized spacial score (nSPS) is 10.9. The van der Waals surface area contributed by atoms with Gasteiger partial charge in [-0.1, -0.05) is 37.6 Å². The molecular weight excluding hydrogens is 277 g/mol. The maximum absolute atomic E-state index is 12.9. The minimum absolute atomic E-state index is 0.208. The van der Waals surface area contributed by atoms with E-state index in [0.29, 0.717) is 17.5 Å². The minimum Gasteiger partial charge on any atom is -0.366 e. The Kier molecular flexibility index (Phi) is 4.55. The van der Waals surface area contributed by atoms with E-state index in [-0.39, 0.29) is 11.7 Å².